The average molecular weight is 601 g/mol. The summed E-state index contributed by atoms with van der Waals surface area (Å²) in [6.45, 7) is 10.2. The summed E-state index contributed by atoms with van der Waals surface area (Å²) in [5, 5.41) is 0. The van der Waals surface area contributed by atoms with E-state index in [1.807, 2.05) is 27.2 Å². The zero-order valence-corrected chi connectivity index (χ0v) is 23.3. The van der Waals surface area contributed by atoms with Crippen LogP contribution in [0.3, 0.4) is 0 Å². The van der Waals surface area contributed by atoms with Gasteiger partial charge in [-0.3, -0.25) is 4.79 Å². The van der Waals surface area contributed by atoms with E-state index >= 15 is 0 Å². The van der Waals surface area contributed by atoms with Crippen LogP contribution in [0.15, 0.2) is 6.33 Å². The highest BCUT2D eigenvalue weighted by molar-refractivity contribution is 14.1. The standard InChI is InChI=1S/C23H32IN5O6/c1-22(2,3)34-20(31)29(21(32)35-23(4,5)6)17-15-16(26-19(24)27-17)28(12-25-15)14-10-8-13(9-11-14)18(30)33-7/h12-14H,8-11H2,1-7H3. The predicted molar refractivity (Wildman–Crippen MR) is 136 cm³/mol. The first-order valence-electron chi connectivity index (χ1n) is 11.4. The molecule has 3 rings (SSSR count). The summed E-state index contributed by atoms with van der Waals surface area (Å²) in [7, 11) is 1.40. The molecule has 35 heavy (non-hydrogen) atoms. The van der Waals surface area contributed by atoms with Crippen LogP contribution < -0.4 is 4.90 Å². The first-order valence-corrected chi connectivity index (χ1v) is 12.5. The van der Waals surface area contributed by atoms with E-state index in [1.54, 1.807) is 47.9 Å². The second kappa shape index (κ2) is 10.2. The maximum Gasteiger partial charge on any atom is 0.425 e. The molecule has 192 valence electrons. The Morgan fingerprint density at radius 3 is 2.00 bits per heavy atom. The lowest BCUT2D eigenvalue weighted by molar-refractivity contribution is -0.146. The summed E-state index contributed by atoms with van der Waals surface area (Å²) >= 11 is 1.94. The fraction of sp³-hybridized carbons (Fsp3) is 0.652. The number of aromatic nitrogens is 4. The molecule has 0 N–H and O–H groups in total. The van der Waals surface area contributed by atoms with Crippen molar-refractivity contribution in [2.75, 3.05) is 12.0 Å². The van der Waals surface area contributed by atoms with E-state index in [-0.39, 0.29) is 29.3 Å². The molecule has 11 nitrogen and oxygen atoms in total. The highest BCUT2D eigenvalue weighted by Crippen LogP contribution is 2.36. The first-order chi connectivity index (χ1) is 16.2. The van der Waals surface area contributed by atoms with E-state index in [0.717, 1.165) is 17.7 Å². The zero-order chi connectivity index (χ0) is 26.1. The van der Waals surface area contributed by atoms with Gasteiger partial charge >= 0.3 is 18.2 Å². The normalized spacial score (nSPS) is 18.7. The minimum atomic E-state index is -0.921. The number of ether oxygens (including phenoxy) is 3. The van der Waals surface area contributed by atoms with Crippen molar-refractivity contribution in [3.05, 3.63) is 10.2 Å². The molecule has 2 heterocycles. The van der Waals surface area contributed by atoms with Crippen molar-refractivity contribution in [3.63, 3.8) is 0 Å². The van der Waals surface area contributed by atoms with E-state index in [2.05, 4.69) is 15.0 Å². The Balaban J connectivity index is 2.02. The molecule has 1 aliphatic rings. The number of imide groups is 1. The summed E-state index contributed by atoms with van der Waals surface area (Å²) in [6, 6.07) is 0.0518. The number of halogens is 1. The van der Waals surface area contributed by atoms with E-state index < -0.39 is 23.4 Å². The molecule has 1 saturated carbocycles. The number of amides is 2. The van der Waals surface area contributed by atoms with E-state index in [1.165, 1.54) is 7.11 Å². The van der Waals surface area contributed by atoms with Crippen LogP contribution in [0, 0.1) is 9.75 Å². The van der Waals surface area contributed by atoms with Crippen molar-refractivity contribution >= 4 is 57.7 Å². The molecule has 0 aliphatic heterocycles. The molecule has 2 amide bonds. The fourth-order valence-electron chi connectivity index (χ4n) is 3.92. The van der Waals surface area contributed by atoms with Crippen molar-refractivity contribution in [1.29, 1.82) is 0 Å². The van der Waals surface area contributed by atoms with Crippen LogP contribution in [0.25, 0.3) is 11.2 Å². The number of carbonyl (C=O) groups is 3. The molecule has 12 heteroatoms. The molecular formula is C23H32IN5O6. The van der Waals surface area contributed by atoms with Crippen molar-refractivity contribution < 1.29 is 28.6 Å². The molecule has 0 bridgehead atoms. The number of carbonyl (C=O) groups excluding carboxylic acids is 3. The summed E-state index contributed by atoms with van der Waals surface area (Å²) in [5.74, 6) is -0.320. The second-order valence-electron chi connectivity index (χ2n) is 10.5. The van der Waals surface area contributed by atoms with Crippen LogP contribution in [0.1, 0.15) is 73.3 Å². The Morgan fingerprint density at radius 2 is 1.51 bits per heavy atom. The number of imidazole rings is 1. The van der Waals surface area contributed by atoms with Gasteiger partial charge in [0.25, 0.3) is 0 Å². The van der Waals surface area contributed by atoms with Crippen LogP contribution in [-0.4, -0.2) is 56.0 Å². The van der Waals surface area contributed by atoms with E-state index in [0.29, 0.717) is 22.3 Å². The van der Waals surface area contributed by atoms with Gasteiger partial charge in [-0.2, -0.15) is 4.90 Å². The van der Waals surface area contributed by atoms with Crippen LogP contribution in [0.2, 0.25) is 0 Å². The van der Waals surface area contributed by atoms with Gasteiger partial charge < -0.3 is 18.8 Å². The number of fused-ring (bicyclic) bond motifs is 1. The zero-order valence-electron chi connectivity index (χ0n) is 21.1. The molecule has 0 atom stereocenters. The molecule has 0 unspecified atom stereocenters. The molecule has 0 radical (unpaired) electrons. The summed E-state index contributed by atoms with van der Waals surface area (Å²) in [4.78, 5) is 52.3. The number of anilines is 1. The van der Waals surface area contributed by atoms with Crippen molar-refractivity contribution in [1.82, 2.24) is 19.5 Å². The Labute approximate surface area is 218 Å². The monoisotopic (exact) mass is 601 g/mol. The molecule has 2 aromatic heterocycles. The Morgan fingerprint density at radius 1 is 0.971 bits per heavy atom. The van der Waals surface area contributed by atoms with Gasteiger partial charge in [-0.25, -0.2) is 24.5 Å². The van der Waals surface area contributed by atoms with Gasteiger partial charge in [0.2, 0.25) is 0 Å². The minimum absolute atomic E-state index is 0.00935. The quantitative estimate of drug-likeness (QED) is 0.207. The van der Waals surface area contributed by atoms with Crippen molar-refractivity contribution in [3.8, 4) is 0 Å². The van der Waals surface area contributed by atoms with Crippen LogP contribution in [0.5, 0.6) is 0 Å². The van der Waals surface area contributed by atoms with Gasteiger partial charge in [-0.1, -0.05) is 0 Å². The Hall–Kier alpha value is -2.51. The average Bonchev–Trinajstić information content (AvgIpc) is 3.14. The van der Waals surface area contributed by atoms with Crippen molar-refractivity contribution in [2.45, 2.75) is 84.5 Å². The summed E-state index contributed by atoms with van der Waals surface area (Å²) < 4.78 is 18.1. The lowest BCUT2D eigenvalue weighted by atomic mass is 9.86. The third kappa shape index (κ3) is 6.58. The van der Waals surface area contributed by atoms with Gasteiger partial charge in [0.15, 0.2) is 20.8 Å². The van der Waals surface area contributed by atoms with Crippen LogP contribution >= 0.6 is 22.6 Å². The van der Waals surface area contributed by atoms with E-state index in [4.69, 9.17) is 14.2 Å². The van der Waals surface area contributed by atoms with Gasteiger partial charge in [0.1, 0.15) is 11.2 Å². The topological polar surface area (TPSA) is 126 Å². The number of esters is 1. The number of nitrogens with zero attached hydrogens (tertiary/aromatic N) is 5. The molecule has 1 fully saturated rings. The smallest absolute Gasteiger partial charge is 0.425 e. The summed E-state index contributed by atoms with van der Waals surface area (Å²) in [6.07, 6.45) is 2.64. The summed E-state index contributed by atoms with van der Waals surface area (Å²) in [5.41, 5.74) is -0.946. The number of methoxy groups -OCH3 is 1. The third-order valence-corrected chi connectivity index (χ3v) is 5.85. The Bertz CT molecular complexity index is 1080. The lowest BCUT2D eigenvalue weighted by Crippen LogP contribution is -2.44. The van der Waals surface area contributed by atoms with Gasteiger partial charge in [0.05, 0.1) is 19.4 Å². The van der Waals surface area contributed by atoms with Crippen LogP contribution in [0.4, 0.5) is 15.4 Å². The fourth-order valence-corrected chi connectivity index (χ4v) is 4.37. The third-order valence-electron chi connectivity index (χ3n) is 5.36. The van der Waals surface area contributed by atoms with Gasteiger partial charge in [-0.05, 0) is 67.2 Å². The number of rotatable bonds is 3. The van der Waals surface area contributed by atoms with Gasteiger partial charge in [-0.15, -0.1) is 0 Å². The highest BCUT2D eigenvalue weighted by Gasteiger charge is 2.37. The van der Waals surface area contributed by atoms with E-state index in [9.17, 15) is 14.4 Å². The molecule has 1 aliphatic carbocycles. The SMILES string of the molecule is COC(=O)C1CCC(n2cnc3c(N(C(=O)OC(C)(C)C)C(=O)OC(C)(C)C)nc(I)nc32)CC1. The number of hydrogen-bond acceptors (Lipinski definition) is 9. The molecule has 2 aromatic rings. The van der Waals surface area contributed by atoms with Gasteiger partial charge in [0, 0.05) is 28.6 Å². The van der Waals surface area contributed by atoms with Crippen LogP contribution in [-0.2, 0) is 19.0 Å². The Kier molecular flexibility index (Phi) is 7.92. The minimum Gasteiger partial charge on any atom is -0.469 e. The largest absolute Gasteiger partial charge is 0.469 e. The molecule has 0 spiro atoms. The molecule has 0 saturated heterocycles. The number of hydrogen-bond donors (Lipinski definition) is 0. The maximum absolute atomic E-state index is 13.1. The second-order valence-corrected chi connectivity index (χ2v) is 11.4. The molecule has 0 aromatic carbocycles. The lowest BCUT2D eigenvalue weighted by Gasteiger charge is -2.28. The first kappa shape index (κ1) is 27.1. The highest BCUT2D eigenvalue weighted by atomic mass is 127. The maximum atomic E-state index is 13.1. The predicted octanol–water partition coefficient (Wildman–Crippen LogP) is 5.01. The molecular weight excluding hydrogens is 569 g/mol. The van der Waals surface area contributed by atoms with Crippen molar-refractivity contribution in [2.24, 2.45) is 5.92 Å².